The van der Waals surface area contributed by atoms with Crippen molar-refractivity contribution < 1.29 is 4.74 Å². The van der Waals surface area contributed by atoms with E-state index in [0.717, 1.165) is 28.9 Å². The summed E-state index contributed by atoms with van der Waals surface area (Å²) in [7, 11) is 0. The molecule has 1 N–H and O–H groups in total. The molecule has 0 heterocycles. The van der Waals surface area contributed by atoms with Gasteiger partial charge in [-0.1, -0.05) is 36.2 Å². The minimum Gasteiger partial charge on any atom is -0.456 e. The number of halogens is 3. The maximum Gasteiger partial charge on any atom is 0.141 e. The van der Waals surface area contributed by atoms with E-state index in [4.69, 9.17) is 27.9 Å². The summed E-state index contributed by atoms with van der Waals surface area (Å²) in [6.07, 6.45) is 0. The third kappa shape index (κ3) is 4.13. The van der Waals surface area contributed by atoms with E-state index in [-0.39, 0.29) is 0 Å². The Kier molecular flexibility index (Phi) is 5.73. The minimum absolute atomic E-state index is 0.644. The average Bonchev–Trinajstić information content (AvgIpc) is 2.41. The molecule has 0 aromatic heterocycles. The highest BCUT2D eigenvalue weighted by Gasteiger charge is 2.09. The van der Waals surface area contributed by atoms with E-state index in [1.807, 2.05) is 24.3 Å². The Morgan fingerprint density at radius 1 is 1.05 bits per heavy atom. The quantitative estimate of drug-likeness (QED) is 0.729. The van der Waals surface area contributed by atoms with Crippen molar-refractivity contribution in [3.05, 3.63) is 56.5 Å². The molecule has 0 aliphatic rings. The molecule has 2 aromatic carbocycles. The van der Waals surface area contributed by atoms with E-state index in [1.54, 1.807) is 12.1 Å². The Bertz CT molecular complexity index is 604. The first-order valence-corrected chi connectivity index (χ1v) is 7.77. The molecule has 0 amide bonds. The molecule has 2 rings (SSSR count). The number of nitrogens with one attached hydrogen (secondary N) is 1. The standard InChI is InChI=1S/C15H14BrCl2NO/c1-2-19-9-10-3-4-12(18)8-15(10)20-14-6-5-11(17)7-13(14)16/h3-8,19H,2,9H2,1H3. The molecule has 0 fully saturated rings. The van der Waals surface area contributed by atoms with Crippen LogP contribution in [0, 0.1) is 0 Å². The van der Waals surface area contributed by atoms with E-state index < -0.39 is 0 Å². The van der Waals surface area contributed by atoms with E-state index >= 15 is 0 Å². The van der Waals surface area contributed by atoms with Gasteiger partial charge in [-0.15, -0.1) is 0 Å². The summed E-state index contributed by atoms with van der Waals surface area (Å²) in [5.74, 6) is 1.44. The molecular weight excluding hydrogens is 361 g/mol. The molecule has 2 aromatic rings. The van der Waals surface area contributed by atoms with Gasteiger partial charge in [0.05, 0.1) is 4.47 Å². The highest BCUT2D eigenvalue weighted by Crippen LogP contribution is 2.34. The first kappa shape index (κ1) is 15.6. The highest BCUT2D eigenvalue weighted by atomic mass is 79.9. The molecule has 0 unspecified atom stereocenters. The fraction of sp³-hybridized carbons (Fsp3) is 0.200. The van der Waals surface area contributed by atoms with E-state index in [0.29, 0.717) is 15.8 Å². The van der Waals surface area contributed by atoms with Gasteiger partial charge in [0.25, 0.3) is 0 Å². The van der Waals surface area contributed by atoms with Crippen molar-refractivity contribution in [1.82, 2.24) is 5.32 Å². The molecule has 2 nitrogen and oxygen atoms in total. The number of benzene rings is 2. The Morgan fingerprint density at radius 3 is 2.45 bits per heavy atom. The summed E-state index contributed by atoms with van der Waals surface area (Å²) in [5, 5.41) is 4.58. The summed E-state index contributed by atoms with van der Waals surface area (Å²) < 4.78 is 6.75. The first-order valence-electron chi connectivity index (χ1n) is 6.22. The number of hydrogen-bond donors (Lipinski definition) is 1. The lowest BCUT2D eigenvalue weighted by molar-refractivity contribution is 0.470. The third-order valence-electron chi connectivity index (χ3n) is 2.71. The van der Waals surface area contributed by atoms with Crippen LogP contribution in [-0.4, -0.2) is 6.54 Å². The van der Waals surface area contributed by atoms with Gasteiger partial charge in [0.15, 0.2) is 0 Å². The lowest BCUT2D eigenvalue weighted by atomic mass is 10.2. The molecule has 20 heavy (non-hydrogen) atoms. The molecule has 5 heteroatoms. The molecule has 0 bridgehead atoms. The third-order valence-corrected chi connectivity index (χ3v) is 3.80. The Hall–Kier alpha value is -0.740. The largest absolute Gasteiger partial charge is 0.456 e. The maximum absolute atomic E-state index is 6.05. The predicted octanol–water partition coefficient (Wildman–Crippen LogP) is 5.66. The minimum atomic E-state index is 0.644. The zero-order valence-electron chi connectivity index (χ0n) is 10.9. The molecule has 0 aliphatic heterocycles. The Labute approximate surface area is 137 Å². The van der Waals surface area contributed by atoms with Gasteiger partial charge in [-0.2, -0.15) is 0 Å². The molecule has 106 valence electrons. The summed E-state index contributed by atoms with van der Waals surface area (Å²) in [6, 6.07) is 11.0. The average molecular weight is 375 g/mol. The monoisotopic (exact) mass is 373 g/mol. The van der Waals surface area contributed by atoms with Crippen LogP contribution in [0.5, 0.6) is 11.5 Å². The smallest absolute Gasteiger partial charge is 0.141 e. The number of rotatable bonds is 5. The van der Waals surface area contributed by atoms with Crippen molar-refractivity contribution in [2.45, 2.75) is 13.5 Å². The molecule has 0 aliphatic carbocycles. The van der Waals surface area contributed by atoms with Gasteiger partial charge >= 0.3 is 0 Å². The second-order valence-electron chi connectivity index (χ2n) is 4.21. The second kappa shape index (κ2) is 7.32. The maximum atomic E-state index is 6.05. The fourth-order valence-electron chi connectivity index (χ4n) is 1.71. The van der Waals surface area contributed by atoms with Crippen LogP contribution in [0.1, 0.15) is 12.5 Å². The van der Waals surface area contributed by atoms with Gasteiger partial charge < -0.3 is 10.1 Å². The molecule has 0 spiro atoms. The molecule has 0 saturated heterocycles. The van der Waals surface area contributed by atoms with Gasteiger partial charge in [0.2, 0.25) is 0 Å². The van der Waals surface area contributed by atoms with E-state index in [1.165, 1.54) is 0 Å². The number of hydrogen-bond acceptors (Lipinski definition) is 2. The van der Waals surface area contributed by atoms with Gasteiger partial charge in [-0.25, -0.2) is 0 Å². The Morgan fingerprint density at radius 2 is 1.75 bits per heavy atom. The van der Waals surface area contributed by atoms with Crippen LogP contribution in [-0.2, 0) is 6.54 Å². The van der Waals surface area contributed by atoms with Crippen molar-refractivity contribution in [2.75, 3.05) is 6.54 Å². The lowest BCUT2D eigenvalue weighted by Gasteiger charge is -2.13. The molecular formula is C15H14BrCl2NO. The van der Waals surface area contributed by atoms with Gasteiger partial charge in [0.1, 0.15) is 11.5 Å². The molecule has 0 saturated carbocycles. The molecule has 0 atom stereocenters. The van der Waals surface area contributed by atoms with Crippen molar-refractivity contribution in [3.8, 4) is 11.5 Å². The van der Waals surface area contributed by atoms with Crippen LogP contribution in [0.3, 0.4) is 0 Å². The normalized spacial score (nSPS) is 10.6. The van der Waals surface area contributed by atoms with Crippen LogP contribution >= 0.6 is 39.1 Å². The summed E-state index contributed by atoms with van der Waals surface area (Å²) in [6.45, 7) is 3.69. The highest BCUT2D eigenvalue weighted by molar-refractivity contribution is 9.10. The summed E-state index contributed by atoms with van der Waals surface area (Å²) in [5.41, 5.74) is 1.05. The van der Waals surface area contributed by atoms with Crippen LogP contribution in [0.2, 0.25) is 10.0 Å². The summed E-state index contributed by atoms with van der Waals surface area (Å²) >= 11 is 15.4. The molecule has 0 radical (unpaired) electrons. The fourth-order valence-corrected chi connectivity index (χ4v) is 2.63. The second-order valence-corrected chi connectivity index (χ2v) is 5.94. The van der Waals surface area contributed by atoms with Gasteiger partial charge in [0, 0.05) is 22.2 Å². The zero-order chi connectivity index (χ0) is 14.5. The van der Waals surface area contributed by atoms with Crippen LogP contribution in [0.25, 0.3) is 0 Å². The van der Waals surface area contributed by atoms with Gasteiger partial charge in [-0.05, 0) is 52.8 Å². The van der Waals surface area contributed by atoms with E-state index in [2.05, 4.69) is 28.2 Å². The van der Waals surface area contributed by atoms with Crippen LogP contribution in [0.15, 0.2) is 40.9 Å². The van der Waals surface area contributed by atoms with Crippen LogP contribution < -0.4 is 10.1 Å². The van der Waals surface area contributed by atoms with Crippen molar-refractivity contribution >= 4 is 39.1 Å². The SMILES string of the molecule is CCNCc1ccc(Cl)cc1Oc1ccc(Cl)cc1Br. The topological polar surface area (TPSA) is 21.3 Å². The van der Waals surface area contributed by atoms with Crippen LogP contribution in [0.4, 0.5) is 0 Å². The van der Waals surface area contributed by atoms with Crippen molar-refractivity contribution in [2.24, 2.45) is 0 Å². The van der Waals surface area contributed by atoms with Gasteiger partial charge in [-0.3, -0.25) is 0 Å². The zero-order valence-corrected chi connectivity index (χ0v) is 14.0. The predicted molar refractivity (Wildman–Crippen MR) is 88.1 cm³/mol. The van der Waals surface area contributed by atoms with Crippen molar-refractivity contribution in [3.63, 3.8) is 0 Å². The number of ether oxygens (including phenoxy) is 1. The summed E-state index contributed by atoms with van der Waals surface area (Å²) in [4.78, 5) is 0. The first-order chi connectivity index (χ1) is 9.60. The van der Waals surface area contributed by atoms with E-state index in [9.17, 15) is 0 Å². The Balaban J connectivity index is 2.29. The van der Waals surface area contributed by atoms with Crippen molar-refractivity contribution in [1.29, 1.82) is 0 Å². The lowest BCUT2D eigenvalue weighted by Crippen LogP contribution is -2.12.